The molecule has 2 saturated heterocycles. The van der Waals surface area contributed by atoms with Crippen LogP contribution in [0.2, 0.25) is 0 Å². The highest BCUT2D eigenvalue weighted by Crippen LogP contribution is 2.67. The van der Waals surface area contributed by atoms with Gasteiger partial charge in [0.05, 0.1) is 31.9 Å². The van der Waals surface area contributed by atoms with E-state index in [1.165, 1.54) is 11.3 Å². The Balaban J connectivity index is 1.41. The summed E-state index contributed by atoms with van der Waals surface area (Å²) in [7, 11) is 2.33. The molecule has 3 amide bonds. The van der Waals surface area contributed by atoms with Crippen molar-refractivity contribution in [3.8, 4) is 0 Å². The first-order chi connectivity index (χ1) is 16.2. The number of likely N-dealkylation sites (tertiary alicyclic amines) is 2. The minimum Gasteiger partial charge on any atom is -0.380 e. The third-order valence-electron chi connectivity index (χ3n) is 8.14. The highest BCUT2D eigenvalue weighted by atomic mass is 32.2. The number of thioether (sulfide) groups is 1. The van der Waals surface area contributed by atoms with Gasteiger partial charge in [-0.15, -0.1) is 0 Å². The molecule has 35 heavy (non-hydrogen) atoms. The number of ether oxygens (including phenoxy) is 1. The summed E-state index contributed by atoms with van der Waals surface area (Å²) in [6.45, 7) is 17.1. The molecule has 0 spiro atoms. The fraction of sp³-hybridized carbons (Fsp3) is 0.889. The van der Waals surface area contributed by atoms with Gasteiger partial charge >= 0.3 is 0 Å². The van der Waals surface area contributed by atoms with E-state index in [4.69, 9.17) is 4.74 Å². The molecule has 3 aliphatic rings. The van der Waals surface area contributed by atoms with Gasteiger partial charge in [-0.05, 0) is 11.8 Å². The number of nitrogens with one attached hydrogen (secondary N) is 1. The van der Waals surface area contributed by atoms with Crippen molar-refractivity contribution >= 4 is 29.5 Å². The number of nitrogens with zero attached hydrogens (tertiary/aromatic N) is 2. The maximum atomic E-state index is 13.1. The van der Waals surface area contributed by atoms with Crippen molar-refractivity contribution in [3.05, 3.63) is 0 Å². The zero-order chi connectivity index (χ0) is 26.2. The molecule has 3 rings (SSSR count). The Labute approximate surface area is 216 Å². The molecule has 2 aliphatic heterocycles. The van der Waals surface area contributed by atoms with Crippen LogP contribution in [0.1, 0.15) is 87.0 Å². The summed E-state index contributed by atoms with van der Waals surface area (Å²) in [6.07, 6.45) is 4.41. The van der Waals surface area contributed by atoms with Gasteiger partial charge in [-0.2, -0.15) is 0 Å². The van der Waals surface area contributed by atoms with E-state index in [-0.39, 0.29) is 45.1 Å². The number of likely N-dealkylation sites (N-methyl/N-ethyl adjacent to an activating group) is 1. The largest absolute Gasteiger partial charge is 0.380 e. The van der Waals surface area contributed by atoms with Gasteiger partial charge in [-0.1, -0.05) is 60.2 Å². The molecule has 3 fully saturated rings. The normalized spacial score (nSPS) is 28.3. The number of imide groups is 1. The Morgan fingerprint density at radius 3 is 2.26 bits per heavy atom. The number of hydrogen-bond acceptors (Lipinski definition) is 5. The van der Waals surface area contributed by atoms with Gasteiger partial charge in [0, 0.05) is 44.2 Å². The number of hydrogen-bond donors (Lipinski definition) is 1. The molecule has 3 unspecified atom stereocenters. The van der Waals surface area contributed by atoms with E-state index in [1.807, 2.05) is 0 Å². The molecule has 2 heterocycles. The molecule has 0 aromatic carbocycles. The lowest BCUT2D eigenvalue weighted by molar-refractivity contribution is -0.868. The van der Waals surface area contributed by atoms with Crippen LogP contribution in [0.15, 0.2) is 0 Å². The van der Waals surface area contributed by atoms with Crippen molar-refractivity contribution in [3.63, 3.8) is 0 Å². The predicted octanol–water partition coefficient (Wildman–Crippen LogP) is 3.95. The Morgan fingerprint density at radius 1 is 1.11 bits per heavy atom. The maximum absolute atomic E-state index is 13.1. The highest BCUT2D eigenvalue weighted by Gasteiger charge is 2.84. The number of quaternary nitrogens is 1. The zero-order valence-electron chi connectivity index (χ0n) is 23.2. The average molecular weight is 511 g/mol. The van der Waals surface area contributed by atoms with Crippen LogP contribution in [-0.2, 0) is 19.1 Å². The van der Waals surface area contributed by atoms with E-state index in [1.54, 1.807) is 11.8 Å². The van der Waals surface area contributed by atoms with Crippen LogP contribution in [0, 0.1) is 10.8 Å². The summed E-state index contributed by atoms with van der Waals surface area (Å²) in [4.78, 5) is 39.6. The third-order valence-corrected chi connectivity index (χ3v) is 10.2. The van der Waals surface area contributed by atoms with Crippen molar-refractivity contribution in [2.45, 2.75) is 109 Å². The first-order valence-electron chi connectivity index (χ1n) is 13.4. The molecule has 0 radical (unpaired) electrons. The van der Waals surface area contributed by atoms with Crippen LogP contribution in [0.25, 0.3) is 0 Å². The molecular formula is C27H48N3O4S+. The van der Waals surface area contributed by atoms with Crippen LogP contribution in [0.3, 0.4) is 0 Å². The number of carbonyl (C=O) groups excluding carboxylic acids is 3. The molecule has 7 nitrogen and oxygen atoms in total. The Bertz CT molecular complexity index is 810. The topological polar surface area (TPSA) is 75.7 Å². The van der Waals surface area contributed by atoms with Gasteiger partial charge in [-0.25, -0.2) is 0 Å². The molecular weight excluding hydrogens is 462 g/mol. The monoisotopic (exact) mass is 510 g/mol. The van der Waals surface area contributed by atoms with Crippen LogP contribution >= 0.6 is 11.8 Å². The fourth-order valence-corrected chi connectivity index (χ4v) is 7.47. The summed E-state index contributed by atoms with van der Waals surface area (Å²) in [5.74, 6) is -0.205. The lowest BCUT2D eigenvalue weighted by atomic mass is 9.94. The van der Waals surface area contributed by atoms with Crippen LogP contribution in [0.5, 0.6) is 0 Å². The minimum absolute atomic E-state index is 0.0213. The summed E-state index contributed by atoms with van der Waals surface area (Å²) in [6, 6.07) is 1.53. The van der Waals surface area contributed by atoms with Gasteiger partial charge in [-0.3, -0.25) is 23.8 Å². The molecule has 1 aliphatic carbocycles. The molecule has 0 bridgehead atoms. The molecule has 200 valence electrons. The summed E-state index contributed by atoms with van der Waals surface area (Å²) in [5.41, 5.74) is -0.0419. The molecule has 1 N–H and O–H groups in total. The highest BCUT2D eigenvalue weighted by molar-refractivity contribution is 8.01. The quantitative estimate of drug-likeness (QED) is 0.218. The summed E-state index contributed by atoms with van der Waals surface area (Å²) < 4.78 is 6.89. The van der Waals surface area contributed by atoms with E-state index in [0.29, 0.717) is 39.1 Å². The fourth-order valence-electron chi connectivity index (χ4n) is 5.65. The molecule has 8 heteroatoms. The Morgan fingerprint density at radius 2 is 1.74 bits per heavy atom. The molecule has 0 aromatic heterocycles. The van der Waals surface area contributed by atoms with E-state index in [9.17, 15) is 14.4 Å². The van der Waals surface area contributed by atoms with Gasteiger partial charge in [0.15, 0.2) is 0 Å². The predicted molar refractivity (Wildman–Crippen MR) is 141 cm³/mol. The van der Waals surface area contributed by atoms with Gasteiger partial charge < -0.3 is 10.1 Å². The van der Waals surface area contributed by atoms with Crippen molar-refractivity contribution in [2.75, 3.05) is 33.4 Å². The standard InChI is InChI=1S/C27H47N3O4S/c1-9-27(10-2,30(8)19-14-20(19)30)35-21-15-23(32)29(24(21)33)13-11-12-22(31)28-16-26(6,7)18-34-17-25(3,4)5/h19-21H,9-18H2,1-8H3/p+1. The van der Waals surface area contributed by atoms with E-state index >= 15 is 0 Å². The SMILES string of the molecule is CCC(CC)(SC1CC(=O)N(CCCC(=O)NCC(C)(C)COCC(C)(C)C)C1=O)[N+]1(C)C2CC21. The summed E-state index contributed by atoms with van der Waals surface area (Å²) >= 11 is 1.75. The van der Waals surface area contributed by atoms with Crippen molar-refractivity contribution in [1.29, 1.82) is 0 Å². The van der Waals surface area contributed by atoms with E-state index in [0.717, 1.165) is 29.4 Å². The van der Waals surface area contributed by atoms with Gasteiger partial charge in [0.25, 0.3) is 0 Å². The number of fused-ring (bicyclic) bond motifs is 1. The van der Waals surface area contributed by atoms with E-state index < -0.39 is 0 Å². The van der Waals surface area contributed by atoms with Crippen molar-refractivity contribution < 1.29 is 23.6 Å². The first-order valence-corrected chi connectivity index (χ1v) is 14.3. The third kappa shape index (κ3) is 6.24. The van der Waals surface area contributed by atoms with Crippen molar-refractivity contribution in [1.82, 2.24) is 10.2 Å². The van der Waals surface area contributed by atoms with Crippen LogP contribution < -0.4 is 5.32 Å². The first kappa shape index (κ1) is 28.5. The van der Waals surface area contributed by atoms with Crippen LogP contribution in [-0.4, -0.2) is 82.7 Å². The van der Waals surface area contributed by atoms with Crippen molar-refractivity contribution in [2.24, 2.45) is 10.8 Å². The van der Waals surface area contributed by atoms with Gasteiger partial charge in [0.2, 0.25) is 17.7 Å². The number of carbonyl (C=O) groups is 3. The molecule has 3 atom stereocenters. The maximum Gasteiger partial charge on any atom is 0.243 e. The average Bonchev–Trinajstić information content (AvgIpc) is 3.66. The second kappa shape index (κ2) is 10.3. The lowest BCUT2D eigenvalue weighted by Gasteiger charge is -2.42. The van der Waals surface area contributed by atoms with Gasteiger partial charge in [0.1, 0.15) is 17.0 Å². The second-order valence-corrected chi connectivity index (χ2v) is 14.5. The van der Waals surface area contributed by atoms with Crippen LogP contribution in [0.4, 0.5) is 0 Å². The smallest absolute Gasteiger partial charge is 0.243 e. The minimum atomic E-state index is -0.292. The zero-order valence-corrected chi connectivity index (χ0v) is 24.1. The molecule has 0 aromatic rings. The lowest BCUT2D eigenvalue weighted by Crippen LogP contribution is -2.52. The Kier molecular flexibility index (Phi) is 8.40. The van der Waals surface area contributed by atoms with E-state index in [2.05, 4.69) is 60.8 Å². The second-order valence-electron chi connectivity index (χ2n) is 13.0. The summed E-state index contributed by atoms with van der Waals surface area (Å²) in [5, 5.41) is 2.70. The number of rotatable bonds is 14. The number of amides is 3. The molecule has 1 saturated carbocycles. The Hall–Kier alpha value is -1.12.